The first kappa shape index (κ1) is 22.0. The van der Waals surface area contributed by atoms with Crippen LogP contribution in [0.5, 0.6) is 5.75 Å². The zero-order chi connectivity index (χ0) is 21.5. The number of carbonyl (C=O) groups is 1. The molecule has 1 heterocycles. The largest absolute Gasteiger partial charge is 0.496 e. The minimum absolute atomic E-state index is 0.234. The summed E-state index contributed by atoms with van der Waals surface area (Å²) in [6, 6.07) is 14.3. The van der Waals surface area contributed by atoms with Gasteiger partial charge in [-0.3, -0.25) is 0 Å². The number of carbonyl (C=O) groups excluding carboxylic acids is 1. The van der Waals surface area contributed by atoms with Gasteiger partial charge in [0.25, 0.3) is 0 Å². The predicted molar refractivity (Wildman–Crippen MR) is 123 cm³/mol. The molecule has 0 amide bonds. The van der Waals surface area contributed by atoms with Gasteiger partial charge in [-0.15, -0.1) is 0 Å². The molecule has 2 aromatic carbocycles. The lowest BCUT2D eigenvalue weighted by atomic mass is 10.0. The van der Waals surface area contributed by atoms with E-state index in [2.05, 4.69) is 31.7 Å². The third kappa shape index (κ3) is 5.48. The van der Waals surface area contributed by atoms with E-state index in [4.69, 9.17) is 13.9 Å². The number of hydrogen-bond donors (Lipinski definition) is 0. The highest BCUT2D eigenvalue weighted by atomic mass is 32.2. The molecule has 1 aromatic heterocycles. The topological polar surface area (TPSA) is 48.7 Å². The van der Waals surface area contributed by atoms with Crippen molar-refractivity contribution in [2.24, 2.45) is 0 Å². The van der Waals surface area contributed by atoms with E-state index in [0.717, 1.165) is 39.4 Å². The molecule has 0 bridgehead atoms. The van der Waals surface area contributed by atoms with Crippen molar-refractivity contribution in [2.75, 3.05) is 13.0 Å². The number of hydrogen-bond acceptors (Lipinski definition) is 5. The van der Waals surface area contributed by atoms with Crippen molar-refractivity contribution in [3.63, 3.8) is 0 Å². The van der Waals surface area contributed by atoms with Gasteiger partial charge in [0.2, 0.25) is 0 Å². The molecule has 0 aliphatic rings. The van der Waals surface area contributed by atoms with Gasteiger partial charge in [-0.1, -0.05) is 44.2 Å². The molecule has 3 rings (SSSR count). The van der Waals surface area contributed by atoms with E-state index in [0.29, 0.717) is 5.57 Å². The number of unbranched alkanes of at least 4 members (excludes halogenated alkanes) is 2. The molecule has 0 saturated carbocycles. The Morgan fingerprint density at radius 2 is 1.97 bits per heavy atom. The Morgan fingerprint density at radius 3 is 2.70 bits per heavy atom. The highest BCUT2D eigenvalue weighted by Gasteiger charge is 2.13. The highest BCUT2D eigenvalue weighted by Crippen LogP contribution is 2.36. The molecule has 0 unspecified atom stereocenters. The molecule has 0 fully saturated rings. The zero-order valence-corrected chi connectivity index (χ0v) is 18.6. The molecule has 0 spiro atoms. The third-order valence-corrected chi connectivity index (χ3v) is 5.68. The molecule has 0 atom stereocenters. The molecule has 0 aliphatic heterocycles. The average molecular weight is 425 g/mol. The van der Waals surface area contributed by atoms with Crippen LogP contribution < -0.4 is 4.74 Å². The first-order valence-electron chi connectivity index (χ1n) is 10.2. The maximum Gasteiger partial charge on any atom is 0.333 e. The summed E-state index contributed by atoms with van der Waals surface area (Å²) in [4.78, 5) is 12.5. The fraction of sp³-hybridized carbons (Fsp3) is 0.320. The van der Waals surface area contributed by atoms with Gasteiger partial charge in [-0.2, -0.15) is 0 Å². The van der Waals surface area contributed by atoms with Gasteiger partial charge in [0.05, 0.1) is 12.7 Å². The Hall–Kier alpha value is -2.66. The number of rotatable bonds is 10. The summed E-state index contributed by atoms with van der Waals surface area (Å²) in [7, 11) is 1.69. The summed E-state index contributed by atoms with van der Waals surface area (Å²) in [5.41, 5.74) is 3.41. The molecule has 0 N–H and O–H groups in total. The van der Waals surface area contributed by atoms with Crippen molar-refractivity contribution in [3.8, 4) is 17.1 Å². The van der Waals surface area contributed by atoms with E-state index in [1.165, 1.54) is 36.6 Å². The van der Waals surface area contributed by atoms with Crippen LogP contribution in [0.4, 0.5) is 0 Å². The van der Waals surface area contributed by atoms with Gasteiger partial charge in [0.1, 0.15) is 23.0 Å². The summed E-state index contributed by atoms with van der Waals surface area (Å²) in [5, 5.41) is 1.02. The van der Waals surface area contributed by atoms with Crippen LogP contribution in [0.2, 0.25) is 0 Å². The normalized spacial score (nSPS) is 10.9. The quantitative estimate of drug-likeness (QED) is 0.115. The molecule has 0 aliphatic carbocycles. The Labute approximate surface area is 182 Å². The number of benzene rings is 2. The number of furan rings is 1. The van der Waals surface area contributed by atoms with Gasteiger partial charge < -0.3 is 13.9 Å². The summed E-state index contributed by atoms with van der Waals surface area (Å²) in [5.74, 6) is 1.45. The molecular weight excluding hydrogens is 396 g/mol. The van der Waals surface area contributed by atoms with Gasteiger partial charge in [0, 0.05) is 15.9 Å². The summed E-state index contributed by atoms with van der Waals surface area (Å²) >= 11 is 1.44. The summed E-state index contributed by atoms with van der Waals surface area (Å²) in [6.07, 6.45) is 4.69. The molecule has 4 nitrogen and oxygen atoms in total. The third-order valence-electron chi connectivity index (χ3n) is 4.86. The van der Waals surface area contributed by atoms with Crippen LogP contribution in [-0.2, 0) is 16.0 Å². The van der Waals surface area contributed by atoms with E-state index >= 15 is 0 Å². The van der Waals surface area contributed by atoms with Crippen molar-refractivity contribution in [1.82, 2.24) is 0 Å². The lowest BCUT2D eigenvalue weighted by Crippen LogP contribution is -2.03. The second-order valence-corrected chi connectivity index (χ2v) is 8.27. The van der Waals surface area contributed by atoms with Crippen LogP contribution in [0.3, 0.4) is 0 Å². The van der Waals surface area contributed by atoms with E-state index in [1.807, 2.05) is 24.3 Å². The van der Waals surface area contributed by atoms with Gasteiger partial charge >= 0.3 is 5.97 Å². The maximum atomic E-state index is 11.5. The molecule has 158 valence electrons. The summed E-state index contributed by atoms with van der Waals surface area (Å²) < 4.78 is 16.9. The van der Waals surface area contributed by atoms with E-state index in [1.54, 1.807) is 14.0 Å². The molecule has 30 heavy (non-hydrogen) atoms. The standard InChI is InChI=1S/C25H28O4S/c1-5-6-7-8-18-9-12-21(23(13-18)27-4)24-14-19-10-11-20(15-22(19)29-24)30-16-28-25(26)17(2)3/h9-15H,2,5-8,16H2,1,3-4H3. The minimum atomic E-state index is -0.380. The smallest absolute Gasteiger partial charge is 0.333 e. The Kier molecular flexibility index (Phi) is 7.63. The SMILES string of the molecule is C=C(C)C(=O)OCSc1ccc2cc(-c3ccc(CCCCC)cc3OC)oc2c1. The highest BCUT2D eigenvalue weighted by molar-refractivity contribution is 7.99. The van der Waals surface area contributed by atoms with E-state index in [9.17, 15) is 4.79 Å². The summed E-state index contributed by atoms with van der Waals surface area (Å²) in [6.45, 7) is 7.43. The average Bonchev–Trinajstić information content (AvgIpc) is 3.16. The van der Waals surface area contributed by atoms with Crippen LogP contribution in [0.1, 0.15) is 38.7 Å². The van der Waals surface area contributed by atoms with Crippen LogP contribution in [0.15, 0.2) is 63.9 Å². The van der Waals surface area contributed by atoms with Gasteiger partial charge in [-0.05, 0) is 61.7 Å². The fourth-order valence-electron chi connectivity index (χ4n) is 3.18. The van der Waals surface area contributed by atoms with Crippen molar-refractivity contribution in [1.29, 1.82) is 0 Å². The second kappa shape index (κ2) is 10.4. The van der Waals surface area contributed by atoms with Gasteiger partial charge in [-0.25, -0.2) is 4.79 Å². The molecule has 0 saturated heterocycles. The first-order chi connectivity index (χ1) is 14.5. The van der Waals surface area contributed by atoms with Crippen LogP contribution >= 0.6 is 11.8 Å². The number of aryl methyl sites for hydroxylation is 1. The zero-order valence-electron chi connectivity index (χ0n) is 17.8. The first-order valence-corrected chi connectivity index (χ1v) is 11.2. The monoisotopic (exact) mass is 424 g/mol. The number of esters is 1. The Bertz CT molecular complexity index is 1030. The lowest BCUT2D eigenvalue weighted by Gasteiger charge is -2.09. The van der Waals surface area contributed by atoms with Crippen molar-refractivity contribution in [3.05, 3.63) is 60.2 Å². The Balaban J connectivity index is 1.76. The number of thioether (sulfide) groups is 1. The minimum Gasteiger partial charge on any atom is -0.496 e. The molecule has 3 aromatic rings. The number of methoxy groups -OCH3 is 1. The lowest BCUT2D eigenvalue weighted by molar-refractivity contribution is -0.136. The van der Waals surface area contributed by atoms with Crippen LogP contribution in [-0.4, -0.2) is 19.0 Å². The van der Waals surface area contributed by atoms with Crippen molar-refractivity contribution >= 4 is 28.7 Å². The number of ether oxygens (including phenoxy) is 2. The molecule has 0 radical (unpaired) electrons. The maximum absolute atomic E-state index is 11.5. The Morgan fingerprint density at radius 1 is 1.13 bits per heavy atom. The van der Waals surface area contributed by atoms with E-state index < -0.39 is 0 Å². The molecule has 5 heteroatoms. The fourth-order valence-corrected chi connectivity index (χ4v) is 3.84. The van der Waals surface area contributed by atoms with Crippen molar-refractivity contribution in [2.45, 2.75) is 44.4 Å². The molecular formula is C25H28O4S. The predicted octanol–water partition coefficient (Wildman–Crippen LogP) is 7.01. The van der Waals surface area contributed by atoms with Crippen LogP contribution in [0.25, 0.3) is 22.3 Å². The van der Waals surface area contributed by atoms with Crippen molar-refractivity contribution < 1.29 is 18.7 Å². The van der Waals surface area contributed by atoms with Crippen LogP contribution in [0, 0.1) is 0 Å². The van der Waals surface area contributed by atoms with Gasteiger partial charge in [0.15, 0.2) is 0 Å². The second-order valence-electron chi connectivity index (χ2n) is 7.28. The van der Waals surface area contributed by atoms with E-state index in [-0.39, 0.29) is 11.9 Å². The number of fused-ring (bicyclic) bond motifs is 1.